The minimum absolute atomic E-state index is 0.00290. The van der Waals surface area contributed by atoms with Crippen LogP contribution in [0.3, 0.4) is 0 Å². The number of thiophene rings is 1. The van der Waals surface area contributed by atoms with Crippen molar-refractivity contribution in [3.8, 4) is 0 Å². The molecule has 1 aromatic heterocycles. The number of allylic oxidation sites excluding steroid dienone is 2. The number of rotatable bonds is 9. The second kappa shape index (κ2) is 13.4. The molecule has 1 heterocycles. The van der Waals surface area contributed by atoms with Crippen LogP contribution in [0.5, 0.6) is 0 Å². The molecule has 232 valence electrons. The third kappa shape index (κ3) is 7.25. The van der Waals surface area contributed by atoms with Crippen molar-refractivity contribution in [3.63, 3.8) is 0 Å². The molecule has 42 heavy (non-hydrogen) atoms. The highest BCUT2D eigenvalue weighted by molar-refractivity contribution is 7.88. The van der Waals surface area contributed by atoms with Gasteiger partial charge in [0.1, 0.15) is 0 Å². The van der Waals surface area contributed by atoms with Crippen molar-refractivity contribution in [1.29, 1.82) is 0 Å². The van der Waals surface area contributed by atoms with Gasteiger partial charge < -0.3 is 14.9 Å². The Bertz CT molecular complexity index is 1400. The van der Waals surface area contributed by atoms with E-state index in [0.717, 1.165) is 22.4 Å². The number of hydrogen-bond acceptors (Lipinski definition) is 7. The smallest absolute Gasteiger partial charge is 0.211 e. The van der Waals surface area contributed by atoms with Gasteiger partial charge in [0.25, 0.3) is 0 Å². The number of fused-ring (bicyclic) bond motifs is 8. The highest BCUT2D eigenvalue weighted by Crippen LogP contribution is 2.59. The van der Waals surface area contributed by atoms with Crippen LogP contribution in [0.1, 0.15) is 96.0 Å². The monoisotopic (exact) mass is 617 g/mol. The molecule has 1 aromatic carbocycles. The summed E-state index contributed by atoms with van der Waals surface area (Å²) in [6.07, 6.45) is 7.70. The minimum atomic E-state index is -3.57. The van der Waals surface area contributed by atoms with Crippen molar-refractivity contribution in [1.82, 2.24) is 4.31 Å². The lowest BCUT2D eigenvalue weighted by molar-refractivity contribution is -0.0726. The first kappa shape index (κ1) is 33.0. The SMILES string of the molecule is COCCCN(C[C@]1(O)CC[C@H]2c3ccc(cc3C(=O)c3ccc(C)s3)C[C@@H](O)CCC(C)=CCC[C@@]21C)S(C)(=O)=O. The molecule has 3 aliphatic carbocycles. The highest BCUT2D eigenvalue weighted by atomic mass is 32.2. The number of sulfonamides is 1. The Morgan fingerprint density at radius 2 is 1.93 bits per heavy atom. The largest absolute Gasteiger partial charge is 0.393 e. The zero-order chi connectivity index (χ0) is 30.7. The third-order valence-electron chi connectivity index (χ3n) is 9.54. The van der Waals surface area contributed by atoms with Gasteiger partial charge in [-0.2, -0.15) is 4.31 Å². The predicted molar refractivity (Wildman–Crippen MR) is 169 cm³/mol. The average Bonchev–Trinajstić information content (AvgIpc) is 3.46. The molecule has 7 nitrogen and oxygen atoms in total. The lowest BCUT2D eigenvalue weighted by atomic mass is 9.65. The van der Waals surface area contributed by atoms with E-state index in [1.807, 2.05) is 37.3 Å². The Labute approximate surface area is 255 Å². The lowest BCUT2D eigenvalue weighted by Gasteiger charge is -2.45. The number of nitrogens with zero attached hydrogens (tertiary/aromatic N) is 1. The molecule has 0 radical (unpaired) electrons. The maximum Gasteiger partial charge on any atom is 0.211 e. The van der Waals surface area contributed by atoms with Gasteiger partial charge in [-0.25, -0.2) is 8.42 Å². The summed E-state index contributed by atoms with van der Waals surface area (Å²) in [6, 6.07) is 9.79. The molecule has 0 unspecified atom stereocenters. The number of carbonyl (C=O) groups excluding carboxylic acids is 1. The molecule has 0 amide bonds. The van der Waals surface area contributed by atoms with E-state index in [2.05, 4.69) is 19.9 Å². The third-order valence-corrected chi connectivity index (χ3v) is 11.8. The first-order valence-electron chi connectivity index (χ1n) is 15.0. The quantitative estimate of drug-likeness (QED) is 0.215. The first-order chi connectivity index (χ1) is 19.8. The van der Waals surface area contributed by atoms with Gasteiger partial charge in [0, 0.05) is 42.7 Å². The molecule has 9 heteroatoms. The number of aliphatic hydroxyl groups is 2. The Morgan fingerprint density at radius 1 is 1.17 bits per heavy atom. The van der Waals surface area contributed by atoms with Crippen LogP contribution in [0.4, 0.5) is 0 Å². The topological polar surface area (TPSA) is 104 Å². The fraction of sp³-hybridized carbons (Fsp3) is 0.606. The second-order valence-electron chi connectivity index (χ2n) is 12.6. The molecular weight excluding hydrogens is 570 g/mol. The maximum absolute atomic E-state index is 14.0. The summed E-state index contributed by atoms with van der Waals surface area (Å²) < 4.78 is 32.3. The van der Waals surface area contributed by atoms with Crippen molar-refractivity contribution in [2.75, 3.05) is 33.1 Å². The van der Waals surface area contributed by atoms with Crippen LogP contribution < -0.4 is 0 Å². The number of ketones is 1. The van der Waals surface area contributed by atoms with Crippen LogP contribution in [0.2, 0.25) is 0 Å². The van der Waals surface area contributed by atoms with Gasteiger partial charge >= 0.3 is 0 Å². The molecule has 4 atom stereocenters. The molecule has 1 fully saturated rings. The molecular formula is C33H47NO6S2. The van der Waals surface area contributed by atoms with Gasteiger partial charge in [-0.05, 0) is 100 Å². The molecule has 3 aliphatic rings. The van der Waals surface area contributed by atoms with E-state index in [4.69, 9.17) is 4.74 Å². The Hall–Kier alpha value is -1.88. The van der Waals surface area contributed by atoms with Gasteiger partial charge in [-0.3, -0.25) is 4.79 Å². The standard InChI is InChI=1S/C33H47NO6S2/c1-23-8-6-16-32(3)29(15-17-33(32,37)22-34(42(5,38)39)18-7-19-40-4)27-13-11-25(20-26(35)12-9-23)21-28(27)31(36)30-14-10-24(2)41-30/h8,10-11,13-14,21,26,29,35,37H,6-7,9,12,15-20,22H2,1-5H3/t26-,29-,32-,33+/m0/s1. The molecule has 0 spiro atoms. The van der Waals surface area contributed by atoms with Crippen molar-refractivity contribution in [2.24, 2.45) is 5.41 Å². The Balaban J connectivity index is 1.82. The predicted octanol–water partition coefficient (Wildman–Crippen LogP) is 5.62. The lowest BCUT2D eigenvalue weighted by Crippen LogP contribution is -2.53. The van der Waals surface area contributed by atoms with Crippen LogP contribution in [-0.2, 0) is 21.2 Å². The average molecular weight is 618 g/mol. The number of carbonyl (C=O) groups is 1. The number of aryl methyl sites for hydroxylation is 1. The van der Waals surface area contributed by atoms with E-state index in [1.54, 1.807) is 7.11 Å². The summed E-state index contributed by atoms with van der Waals surface area (Å²) in [5.74, 6) is -0.198. The Kier molecular flexibility index (Phi) is 10.5. The van der Waals surface area contributed by atoms with Gasteiger partial charge in [-0.15, -0.1) is 11.3 Å². The van der Waals surface area contributed by atoms with Crippen molar-refractivity contribution < 1.29 is 28.2 Å². The molecule has 0 saturated heterocycles. The highest BCUT2D eigenvalue weighted by Gasteiger charge is 2.57. The molecule has 5 rings (SSSR count). The van der Waals surface area contributed by atoms with Crippen molar-refractivity contribution in [2.45, 2.75) is 89.8 Å². The van der Waals surface area contributed by atoms with Crippen LogP contribution in [0, 0.1) is 12.3 Å². The molecule has 2 bridgehead atoms. The van der Waals surface area contributed by atoms with E-state index >= 15 is 0 Å². The van der Waals surface area contributed by atoms with Crippen molar-refractivity contribution in [3.05, 3.63) is 68.4 Å². The summed E-state index contributed by atoms with van der Waals surface area (Å²) in [6.45, 7) is 6.85. The summed E-state index contributed by atoms with van der Waals surface area (Å²) >= 11 is 1.47. The van der Waals surface area contributed by atoms with Gasteiger partial charge in [0.15, 0.2) is 0 Å². The fourth-order valence-corrected chi connectivity index (χ4v) is 8.66. The zero-order valence-electron chi connectivity index (χ0n) is 25.7. The molecule has 1 saturated carbocycles. The zero-order valence-corrected chi connectivity index (χ0v) is 27.3. The maximum atomic E-state index is 14.0. The van der Waals surface area contributed by atoms with E-state index in [1.165, 1.54) is 27.5 Å². The minimum Gasteiger partial charge on any atom is -0.393 e. The Morgan fingerprint density at radius 3 is 2.60 bits per heavy atom. The molecule has 0 aliphatic heterocycles. The second-order valence-corrected chi connectivity index (χ2v) is 15.9. The van der Waals surface area contributed by atoms with E-state index in [-0.39, 0.29) is 24.8 Å². The summed E-state index contributed by atoms with van der Waals surface area (Å²) in [4.78, 5) is 15.7. The summed E-state index contributed by atoms with van der Waals surface area (Å²) in [7, 11) is -1.98. The van der Waals surface area contributed by atoms with Crippen LogP contribution in [0.15, 0.2) is 42.0 Å². The summed E-state index contributed by atoms with van der Waals surface area (Å²) in [5.41, 5.74) is 1.64. The van der Waals surface area contributed by atoms with Gasteiger partial charge in [-0.1, -0.05) is 30.7 Å². The number of ether oxygens (including phenoxy) is 1. The molecule has 2 aromatic rings. The number of benzene rings is 1. The van der Waals surface area contributed by atoms with Crippen LogP contribution in [0.25, 0.3) is 0 Å². The normalized spacial score (nSPS) is 27.1. The van der Waals surface area contributed by atoms with E-state index in [0.29, 0.717) is 62.0 Å². The first-order valence-corrected chi connectivity index (χ1v) is 17.7. The molecule has 2 N–H and O–H groups in total. The number of aliphatic hydroxyl groups excluding tert-OH is 1. The summed E-state index contributed by atoms with van der Waals surface area (Å²) in [5, 5.41) is 23.3. The van der Waals surface area contributed by atoms with Gasteiger partial charge in [0.05, 0.1) is 22.8 Å². The van der Waals surface area contributed by atoms with E-state index < -0.39 is 27.1 Å². The van der Waals surface area contributed by atoms with Crippen molar-refractivity contribution >= 4 is 27.1 Å². The fourth-order valence-electron chi connectivity index (χ4n) is 6.93. The van der Waals surface area contributed by atoms with Crippen LogP contribution >= 0.6 is 11.3 Å². The number of methoxy groups -OCH3 is 1. The van der Waals surface area contributed by atoms with E-state index in [9.17, 15) is 23.4 Å². The number of hydrogen-bond donors (Lipinski definition) is 2. The van der Waals surface area contributed by atoms with Crippen LogP contribution in [-0.4, -0.2) is 73.5 Å². The van der Waals surface area contributed by atoms with Gasteiger partial charge in [0.2, 0.25) is 15.8 Å².